The van der Waals surface area contributed by atoms with Crippen molar-refractivity contribution in [3.05, 3.63) is 34.9 Å². The second kappa shape index (κ2) is 16.9. The van der Waals surface area contributed by atoms with Crippen molar-refractivity contribution in [1.29, 1.82) is 0 Å². The molecule has 4 nitrogen and oxygen atoms in total. The van der Waals surface area contributed by atoms with Gasteiger partial charge in [-0.3, -0.25) is 9.59 Å². The Hall–Kier alpha value is -1.84. The van der Waals surface area contributed by atoms with Gasteiger partial charge in [-0.15, -0.1) is 0 Å². The number of hydrogen-bond acceptors (Lipinski definition) is 2. The predicted octanol–water partition coefficient (Wildman–Crippen LogP) is 6.96. The number of rotatable bonds is 19. The van der Waals surface area contributed by atoms with Crippen LogP contribution in [0.3, 0.4) is 0 Å². The molecule has 0 aliphatic carbocycles. The van der Waals surface area contributed by atoms with Gasteiger partial charge in [0.05, 0.1) is 0 Å². The minimum Gasteiger partial charge on any atom is -0.481 e. The summed E-state index contributed by atoms with van der Waals surface area (Å²) >= 11 is 0. The lowest BCUT2D eigenvalue weighted by Gasteiger charge is -2.12. The molecule has 1 rings (SSSR count). The highest BCUT2D eigenvalue weighted by Crippen LogP contribution is 2.20. The third-order valence-electron chi connectivity index (χ3n) is 5.85. The Morgan fingerprint density at radius 2 is 1.07 bits per heavy atom. The molecule has 30 heavy (non-hydrogen) atoms. The molecule has 0 unspecified atom stereocenters. The third kappa shape index (κ3) is 13.4. The van der Waals surface area contributed by atoms with Crippen molar-refractivity contribution >= 4 is 11.9 Å². The van der Waals surface area contributed by atoms with Gasteiger partial charge in [0.25, 0.3) is 0 Å². The highest BCUT2D eigenvalue weighted by Gasteiger charge is 2.05. The quantitative estimate of drug-likeness (QED) is 0.238. The Balaban J connectivity index is 2.26. The summed E-state index contributed by atoms with van der Waals surface area (Å²) < 4.78 is 0. The zero-order valence-electron chi connectivity index (χ0n) is 19.0. The first-order valence-corrected chi connectivity index (χ1v) is 12.1. The van der Waals surface area contributed by atoms with Crippen LogP contribution in [-0.2, 0) is 28.9 Å². The maximum Gasteiger partial charge on any atom is 0.303 e. The summed E-state index contributed by atoms with van der Waals surface area (Å²) in [5, 5.41) is 17.3. The van der Waals surface area contributed by atoms with Crippen LogP contribution in [0.5, 0.6) is 0 Å². The van der Waals surface area contributed by atoms with E-state index in [-0.39, 0.29) is 0 Å². The summed E-state index contributed by atoms with van der Waals surface area (Å²) in [4.78, 5) is 21.1. The summed E-state index contributed by atoms with van der Waals surface area (Å²) in [5.41, 5.74) is 4.43. The van der Waals surface area contributed by atoms with Gasteiger partial charge in [-0.1, -0.05) is 76.5 Å². The predicted molar refractivity (Wildman–Crippen MR) is 123 cm³/mol. The Kier molecular flexibility index (Phi) is 14.8. The van der Waals surface area contributed by atoms with Gasteiger partial charge in [0.2, 0.25) is 0 Å². The Morgan fingerprint density at radius 3 is 1.53 bits per heavy atom. The van der Waals surface area contributed by atoms with E-state index in [4.69, 9.17) is 10.2 Å². The number of carbonyl (C=O) groups is 2. The Labute approximate surface area is 183 Å². The van der Waals surface area contributed by atoms with E-state index in [9.17, 15) is 9.59 Å². The van der Waals surface area contributed by atoms with Crippen molar-refractivity contribution in [2.75, 3.05) is 0 Å². The van der Waals surface area contributed by atoms with E-state index < -0.39 is 11.9 Å². The number of unbranched alkanes of at least 4 members (excludes halogenated alkanes) is 10. The molecular weight excluding hydrogens is 376 g/mol. The summed E-state index contributed by atoms with van der Waals surface area (Å²) in [6, 6.07) is 6.99. The maximum atomic E-state index is 10.5. The number of carboxylic acids is 2. The number of hydrogen-bond donors (Lipinski definition) is 2. The molecule has 0 aliphatic heterocycles. The van der Waals surface area contributed by atoms with Crippen molar-refractivity contribution in [3.8, 4) is 0 Å². The number of aryl methyl sites for hydroxylation is 3. The highest BCUT2D eigenvalue weighted by atomic mass is 16.4. The summed E-state index contributed by atoms with van der Waals surface area (Å²) in [6.45, 7) is 2.21. The van der Waals surface area contributed by atoms with Crippen LogP contribution >= 0.6 is 0 Å². The first-order valence-electron chi connectivity index (χ1n) is 12.1. The van der Waals surface area contributed by atoms with Crippen molar-refractivity contribution in [2.24, 2.45) is 0 Å². The molecule has 1 aromatic rings. The van der Waals surface area contributed by atoms with E-state index in [0.717, 1.165) is 57.8 Å². The Bertz CT molecular complexity index is 609. The first-order chi connectivity index (χ1) is 14.5. The SMILES string of the molecule is CCc1ccc(CCCCCCCCC(=O)O)c(CCCCCCCCC(=O)O)c1. The minimum absolute atomic E-state index is 0.301. The lowest BCUT2D eigenvalue weighted by Crippen LogP contribution is -1.98. The molecule has 1 aromatic carbocycles. The maximum absolute atomic E-state index is 10.5. The van der Waals surface area contributed by atoms with Gasteiger partial charge in [-0.05, 0) is 61.6 Å². The molecular formula is C26H42O4. The fraction of sp³-hybridized carbons (Fsp3) is 0.692. The molecule has 170 valence electrons. The van der Waals surface area contributed by atoms with Gasteiger partial charge in [0, 0.05) is 12.8 Å². The molecule has 0 atom stereocenters. The Morgan fingerprint density at radius 1 is 0.633 bits per heavy atom. The highest BCUT2D eigenvalue weighted by molar-refractivity contribution is 5.66. The van der Waals surface area contributed by atoms with Crippen LogP contribution in [0.1, 0.15) is 114 Å². The molecule has 2 N–H and O–H groups in total. The molecule has 0 aromatic heterocycles. The number of aliphatic carboxylic acids is 2. The van der Waals surface area contributed by atoms with Gasteiger partial charge in [-0.2, -0.15) is 0 Å². The number of carboxylic acid groups (broad SMARTS) is 2. The van der Waals surface area contributed by atoms with E-state index in [2.05, 4.69) is 25.1 Å². The average Bonchev–Trinajstić information content (AvgIpc) is 2.72. The van der Waals surface area contributed by atoms with Crippen LogP contribution in [0.4, 0.5) is 0 Å². The van der Waals surface area contributed by atoms with Crippen LogP contribution in [0.15, 0.2) is 18.2 Å². The van der Waals surface area contributed by atoms with Crippen molar-refractivity contribution in [1.82, 2.24) is 0 Å². The monoisotopic (exact) mass is 418 g/mol. The second-order valence-electron chi connectivity index (χ2n) is 8.49. The molecule has 0 aliphatic rings. The largest absolute Gasteiger partial charge is 0.481 e. The summed E-state index contributed by atoms with van der Waals surface area (Å²) in [6.07, 6.45) is 17.2. The zero-order valence-corrected chi connectivity index (χ0v) is 19.0. The van der Waals surface area contributed by atoms with Crippen LogP contribution < -0.4 is 0 Å². The van der Waals surface area contributed by atoms with Gasteiger partial charge in [0.15, 0.2) is 0 Å². The molecule has 0 heterocycles. The molecule has 0 bridgehead atoms. The van der Waals surface area contributed by atoms with Crippen molar-refractivity contribution in [2.45, 2.75) is 116 Å². The summed E-state index contributed by atoms with van der Waals surface area (Å²) in [7, 11) is 0. The molecule has 0 amide bonds. The van der Waals surface area contributed by atoms with Crippen LogP contribution in [0.2, 0.25) is 0 Å². The molecule has 0 radical (unpaired) electrons. The van der Waals surface area contributed by atoms with E-state index >= 15 is 0 Å². The fourth-order valence-corrected chi connectivity index (χ4v) is 3.97. The lowest BCUT2D eigenvalue weighted by molar-refractivity contribution is -0.138. The molecule has 0 spiro atoms. The van der Waals surface area contributed by atoms with Gasteiger partial charge in [0.1, 0.15) is 0 Å². The van der Waals surface area contributed by atoms with Crippen molar-refractivity contribution < 1.29 is 19.8 Å². The summed E-state index contributed by atoms with van der Waals surface area (Å²) in [5.74, 6) is -1.37. The third-order valence-corrected chi connectivity index (χ3v) is 5.85. The van der Waals surface area contributed by atoms with Crippen molar-refractivity contribution in [3.63, 3.8) is 0 Å². The normalized spacial score (nSPS) is 11.0. The van der Waals surface area contributed by atoms with Crippen LogP contribution in [0, 0.1) is 0 Å². The number of benzene rings is 1. The average molecular weight is 419 g/mol. The molecule has 0 fully saturated rings. The smallest absolute Gasteiger partial charge is 0.303 e. The topological polar surface area (TPSA) is 74.6 Å². The van der Waals surface area contributed by atoms with E-state index in [1.54, 1.807) is 0 Å². The lowest BCUT2D eigenvalue weighted by atomic mass is 9.94. The van der Waals surface area contributed by atoms with Crippen LogP contribution in [0.25, 0.3) is 0 Å². The van der Waals surface area contributed by atoms with E-state index in [1.165, 1.54) is 55.2 Å². The van der Waals surface area contributed by atoms with E-state index in [0.29, 0.717) is 12.8 Å². The molecule has 0 saturated heterocycles. The minimum atomic E-state index is -0.684. The zero-order chi connectivity index (χ0) is 22.0. The van der Waals surface area contributed by atoms with Crippen LogP contribution in [-0.4, -0.2) is 22.2 Å². The van der Waals surface area contributed by atoms with Gasteiger partial charge < -0.3 is 10.2 Å². The van der Waals surface area contributed by atoms with Gasteiger partial charge in [-0.25, -0.2) is 0 Å². The standard InChI is InChI=1S/C26H42O4/c1-2-22-19-20-23(15-11-7-3-5-9-13-17-25(27)28)24(21-22)16-12-8-4-6-10-14-18-26(29)30/h19-21H,2-18H2,1H3,(H,27,28)(H,29,30). The van der Waals surface area contributed by atoms with Gasteiger partial charge >= 0.3 is 11.9 Å². The fourth-order valence-electron chi connectivity index (χ4n) is 3.97. The molecule has 4 heteroatoms. The second-order valence-corrected chi connectivity index (χ2v) is 8.49. The molecule has 0 saturated carbocycles. The first kappa shape index (κ1) is 26.2. The van der Waals surface area contributed by atoms with E-state index in [1.807, 2.05) is 0 Å².